The van der Waals surface area contributed by atoms with Crippen LogP contribution in [0.5, 0.6) is 0 Å². The highest BCUT2D eigenvalue weighted by Gasteiger charge is 1.87. The molecule has 7 heteroatoms. The van der Waals surface area contributed by atoms with E-state index in [0.717, 1.165) is 11.2 Å². The van der Waals surface area contributed by atoms with Gasteiger partial charge in [-0.05, 0) is 67.8 Å². The van der Waals surface area contributed by atoms with Crippen LogP contribution in [0.2, 0.25) is 0 Å². The lowest BCUT2D eigenvalue weighted by atomic mass is 11.0. The Kier molecular flexibility index (Phi) is 5.54. The van der Waals surface area contributed by atoms with Gasteiger partial charge in [-0.15, -0.1) is 0 Å². The van der Waals surface area contributed by atoms with Crippen molar-refractivity contribution in [2.75, 3.05) is 0 Å². The number of imidazole rings is 2. The number of hydrogen-bond donors (Lipinski definition) is 2. The molecule has 2 heterocycles. The molecule has 0 bridgehead atoms. The van der Waals surface area contributed by atoms with Gasteiger partial charge >= 0.3 is 0 Å². The van der Waals surface area contributed by atoms with Gasteiger partial charge in [-0.1, -0.05) is 0 Å². The highest BCUT2D eigenvalue weighted by molar-refractivity contribution is 14.1. The highest BCUT2D eigenvalue weighted by Crippen LogP contribution is 2.01. The summed E-state index contributed by atoms with van der Waals surface area (Å²) in [7, 11) is 0. The molecule has 2 aromatic rings. The topological polar surface area (TPSA) is 57.4 Å². The minimum atomic E-state index is 0.946. The highest BCUT2D eigenvalue weighted by atomic mass is 127. The van der Waals surface area contributed by atoms with Gasteiger partial charge in [-0.3, -0.25) is 0 Å². The molecular formula is C6H5I3N4. The summed E-state index contributed by atoms with van der Waals surface area (Å²) in [5.41, 5.74) is 0. The van der Waals surface area contributed by atoms with Crippen LogP contribution in [0, 0.1) is 11.2 Å². The van der Waals surface area contributed by atoms with E-state index >= 15 is 0 Å². The lowest BCUT2D eigenvalue weighted by molar-refractivity contribution is 1.22. The maximum Gasteiger partial charge on any atom is 0.169 e. The fraction of sp³-hybridized carbons (Fsp3) is 0. The van der Waals surface area contributed by atoms with Crippen molar-refractivity contribution in [2.24, 2.45) is 0 Å². The molecule has 0 aliphatic heterocycles. The second-order valence-electron chi connectivity index (χ2n) is 1.92. The number of aromatic nitrogens is 4. The fourth-order valence-corrected chi connectivity index (χ4v) is 2.16. The number of nitrogens with one attached hydrogen (secondary N) is 2. The Bertz CT molecular complexity index is 326. The normalized spacial score (nSPS) is 9.15. The van der Waals surface area contributed by atoms with Gasteiger partial charge < -0.3 is 9.97 Å². The van der Waals surface area contributed by atoms with Gasteiger partial charge in [-0.25, -0.2) is 9.97 Å². The predicted octanol–water partition coefficient (Wildman–Crippen LogP) is 2.63. The third kappa shape index (κ3) is 5.15. The maximum atomic E-state index is 3.94. The molecule has 0 aromatic carbocycles. The Balaban J connectivity index is 0.000000132. The Morgan fingerprint density at radius 2 is 1.85 bits per heavy atom. The molecule has 0 saturated heterocycles. The first kappa shape index (κ1) is 11.7. The quantitative estimate of drug-likeness (QED) is 0.532. The van der Waals surface area contributed by atoms with Crippen LogP contribution < -0.4 is 0 Å². The van der Waals surface area contributed by atoms with Crippen LogP contribution in [0.25, 0.3) is 0 Å². The van der Waals surface area contributed by atoms with Crippen molar-refractivity contribution in [3.8, 4) is 0 Å². The molecule has 2 N–H and O–H groups in total. The zero-order valence-electron chi connectivity index (χ0n) is 6.26. The zero-order valence-corrected chi connectivity index (χ0v) is 12.7. The standard InChI is InChI=1S/C3H2I2N2.C3H3IN2/c4-2-1-6-3(5)7-2;4-3-1-5-2-6-3/h1H,(H,6,7);1-2H,(H,5,6). The van der Waals surface area contributed by atoms with E-state index in [2.05, 4.69) is 87.7 Å². The van der Waals surface area contributed by atoms with Crippen LogP contribution in [-0.4, -0.2) is 19.9 Å². The Labute approximate surface area is 116 Å². The van der Waals surface area contributed by atoms with Crippen molar-refractivity contribution in [3.63, 3.8) is 0 Å². The summed E-state index contributed by atoms with van der Waals surface area (Å²) < 4.78 is 3.11. The van der Waals surface area contributed by atoms with E-state index in [1.54, 1.807) is 18.7 Å². The number of H-pyrrole nitrogens is 2. The van der Waals surface area contributed by atoms with Crippen molar-refractivity contribution in [3.05, 3.63) is 30.0 Å². The van der Waals surface area contributed by atoms with Crippen LogP contribution in [0.3, 0.4) is 0 Å². The summed E-state index contributed by atoms with van der Waals surface area (Å²) in [6.45, 7) is 0. The molecule has 2 rings (SSSR count). The van der Waals surface area contributed by atoms with Gasteiger partial charge in [0.1, 0.15) is 0 Å². The fourth-order valence-electron chi connectivity index (χ4n) is 0.515. The van der Waals surface area contributed by atoms with E-state index in [1.165, 1.54) is 0 Å². The molecule has 0 aliphatic rings. The molecule has 0 saturated carbocycles. The maximum absolute atomic E-state index is 3.94. The van der Waals surface area contributed by atoms with Crippen molar-refractivity contribution in [1.82, 2.24) is 19.9 Å². The average Bonchev–Trinajstić information content (AvgIpc) is 2.64. The van der Waals surface area contributed by atoms with Crippen LogP contribution >= 0.6 is 67.8 Å². The molecule has 0 radical (unpaired) electrons. The van der Waals surface area contributed by atoms with Crippen LogP contribution in [0.15, 0.2) is 18.7 Å². The number of halogens is 3. The Morgan fingerprint density at radius 3 is 2.00 bits per heavy atom. The van der Waals surface area contributed by atoms with E-state index in [4.69, 9.17) is 0 Å². The summed E-state index contributed by atoms with van der Waals surface area (Å²) in [6.07, 6.45) is 5.21. The van der Waals surface area contributed by atoms with Crippen LogP contribution in [-0.2, 0) is 0 Å². The molecule has 70 valence electrons. The van der Waals surface area contributed by atoms with E-state index in [9.17, 15) is 0 Å². The van der Waals surface area contributed by atoms with Gasteiger partial charge in [0.25, 0.3) is 0 Å². The van der Waals surface area contributed by atoms with Crippen molar-refractivity contribution < 1.29 is 0 Å². The number of nitrogens with zero attached hydrogens (tertiary/aromatic N) is 2. The molecule has 13 heavy (non-hydrogen) atoms. The van der Waals surface area contributed by atoms with Crippen molar-refractivity contribution in [2.45, 2.75) is 0 Å². The SMILES string of the molecule is Ic1cnc(I)[nH]1.Ic1cnc[nH]1. The smallest absolute Gasteiger partial charge is 0.169 e. The molecule has 4 nitrogen and oxygen atoms in total. The number of hydrogen-bond acceptors (Lipinski definition) is 2. The van der Waals surface area contributed by atoms with Crippen molar-refractivity contribution in [1.29, 1.82) is 0 Å². The first-order valence-electron chi connectivity index (χ1n) is 3.18. The van der Waals surface area contributed by atoms with Gasteiger partial charge in [0.05, 0.1) is 26.1 Å². The minimum absolute atomic E-state index is 0.946. The molecule has 0 spiro atoms. The third-order valence-electron chi connectivity index (χ3n) is 0.979. The molecule has 2 aromatic heterocycles. The van der Waals surface area contributed by atoms with E-state index in [0.29, 0.717) is 0 Å². The summed E-state index contributed by atoms with van der Waals surface area (Å²) >= 11 is 6.46. The second-order valence-corrected chi connectivity index (χ2v) is 5.27. The molecule has 0 atom stereocenters. The molecule has 0 amide bonds. The molecule has 0 fully saturated rings. The molecule has 0 unspecified atom stereocenters. The Hall–Kier alpha value is 0.610. The third-order valence-corrected chi connectivity index (χ3v) is 2.67. The predicted molar refractivity (Wildman–Crippen MR) is 75.3 cm³/mol. The lowest BCUT2D eigenvalue weighted by Gasteiger charge is -1.70. The largest absolute Gasteiger partial charge is 0.340 e. The summed E-state index contributed by atoms with van der Waals surface area (Å²) in [5, 5.41) is 0. The number of rotatable bonds is 0. The van der Waals surface area contributed by atoms with Gasteiger partial charge in [0.15, 0.2) is 3.83 Å². The summed E-state index contributed by atoms with van der Waals surface area (Å²) in [6, 6.07) is 0. The molecule has 0 aliphatic carbocycles. The average molecular weight is 514 g/mol. The van der Waals surface area contributed by atoms with Crippen LogP contribution in [0.1, 0.15) is 0 Å². The van der Waals surface area contributed by atoms with Crippen molar-refractivity contribution >= 4 is 67.8 Å². The van der Waals surface area contributed by atoms with Gasteiger partial charge in [0.2, 0.25) is 0 Å². The second kappa shape index (κ2) is 6.16. The molecular weight excluding hydrogens is 509 g/mol. The minimum Gasteiger partial charge on any atom is -0.340 e. The number of aromatic amines is 2. The first-order valence-corrected chi connectivity index (χ1v) is 6.42. The van der Waals surface area contributed by atoms with Gasteiger partial charge in [0, 0.05) is 0 Å². The van der Waals surface area contributed by atoms with Crippen LogP contribution in [0.4, 0.5) is 0 Å². The summed E-state index contributed by atoms with van der Waals surface area (Å²) in [5.74, 6) is 0. The monoisotopic (exact) mass is 514 g/mol. The first-order chi connectivity index (χ1) is 6.18. The van der Waals surface area contributed by atoms with E-state index in [-0.39, 0.29) is 0 Å². The Morgan fingerprint density at radius 1 is 1.08 bits per heavy atom. The van der Waals surface area contributed by atoms with E-state index < -0.39 is 0 Å². The summed E-state index contributed by atoms with van der Waals surface area (Å²) in [4.78, 5) is 13.6. The van der Waals surface area contributed by atoms with Gasteiger partial charge in [-0.2, -0.15) is 0 Å². The zero-order chi connectivity index (χ0) is 9.68. The lowest BCUT2D eigenvalue weighted by Crippen LogP contribution is -1.68. The van der Waals surface area contributed by atoms with E-state index in [1.807, 2.05) is 0 Å².